The van der Waals surface area contributed by atoms with Crippen LogP contribution in [0.5, 0.6) is 5.75 Å². The summed E-state index contributed by atoms with van der Waals surface area (Å²) >= 11 is 0. The Morgan fingerprint density at radius 1 is 1.05 bits per heavy atom. The first-order valence-corrected chi connectivity index (χ1v) is 16.4. The summed E-state index contributed by atoms with van der Waals surface area (Å²) in [4.78, 5) is 0. The number of fused-ring (bicyclic) bond motifs is 7. The second-order valence-electron chi connectivity index (χ2n) is 14.5. The maximum atomic E-state index is 6.94. The summed E-state index contributed by atoms with van der Waals surface area (Å²) in [5.74, 6) is 4.54. The molecular weight excluding hydrogens is 522 g/mol. The van der Waals surface area contributed by atoms with Crippen LogP contribution in [0.3, 0.4) is 0 Å². The minimum atomic E-state index is -0.321. The van der Waals surface area contributed by atoms with Crippen molar-refractivity contribution in [3.05, 3.63) is 77.1 Å². The Hall–Kier alpha value is -2.70. The molecule has 0 unspecified atom stereocenters. The predicted octanol–water partition coefficient (Wildman–Crippen LogP) is 7.17. The Bertz CT molecular complexity index is 1430. The second-order valence-corrected chi connectivity index (χ2v) is 14.5. The molecule has 4 fully saturated rings. The van der Waals surface area contributed by atoms with E-state index in [9.17, 15) is 0 Å². The maximum Gasteiger partial charge on any atom is 0.171 e. The minimum absolute atomic E-state index is 0.321. The fraction of sp³-hybridized carbons (Fsp3) is 0.611. The van der Waals surface area contributed by atoms with E-state index in [1.165, 1.54) is 43.2 Å². The van der Waals surface area contributed by atoms with Gasteiger partial charge in [0, 0.05) is 12.3 Å². The maximum absolute atomic E-state index is 6.94. The van der Waals surface area contributed by atoms with Crippen molar-refractivity contribution in [2.75, 3.05) is 6.61 Å². The van der Waals surface area contributed by atoms with Crippen molar-refractivity contribution in [2.24, 2.45) is 35.0 Å². The van der Waals surface area contributed by atoms with Crippen LogP contribution in [0.1, 0.15) is 87.6 Å². The Morgan fingerprint density at radius 3 is 2.76 bits per heavy atom. The smallest absolute Gasteiger partial charge is 0.171 e. The third-order valence-electron chi connectivity index (χ3n) is 12.1. The van der Waals surface area contributed by atoms with Gasteiger partial charge in [-0.1, -0.05) is 62.4 Å². The molecule has 5 aliphatic rings. The molecule has 8 rings (SSSR count). The van der Waals surface area contributed by atoms with E-state index in [1.807, 2.05) is 16.9 Å². The Morgan fingerprint density at radius 2 is 1.93 bits per heavy atom. The van der Waals surface area contributed by atoms with Gasteiger partial charge in [0.25, 0.3) is 0 Å². The van der Waals surface area contributed by atoms with Crippen LogP contribution in [-0.4, -0.2) is 33.5 Å². The molecule has 2 aliphatic heterocycles. The van der Waals surface area contributed by atoms with Gasteiger partial charge in [-0.15, -0.1) is 5.10 Å². The van der Waals surface area contributed by atoms with Crippen molar-refractivity contribution >= 4 is 0 Å². The van der Waals surface area contributed by atoms with Crippen LogP contribution in [0.4, 0.5) is 0 Å². The molecule has 3 aromatic rings. The average Bonchev–Trinajstić information content (AvgIpc) is 3.65. The second kappa shape index (κ2) is 10.2. The highest BCUT2D eigenvalue weighted by Crippen LogP contribution is 2.69. The summed E-state index contributed by atoms with van der Waals surface area (Å²) in [7, 11) is 0. The van der Waals surface area contributed by atoms with Crippen LogP contribution in [-0.2, 0) is 29.0 Å². The van der Waals surface area contributed by atoms with Gasteiger partial charge in [-0.05, 0) is 102 Å². The third kappa shape index (κ3) is 4.35. The molecule has 6 nitrogen and oxygen atoms in total. The van der Waals surface area contributed by atoms with Crippen molar-refractivity contribution in [3.8, 4) is 5.75 Å². The summed E-state index contributed by atoms with van der Waals surface area (Å²) in [6.45, 7) is 9.38. The van der Waals surface area contributed by atoms with E-state index < -0.39 is 0 Å². The van der Waals surface area contributed by atoms with E-state index in [-0.39, 0.29) is 5.79 Å². The van der Waals surface area contributed by atoms with Gasteiger partial charge >= 0.3 is 0 Å². The predicted molar refractivity (Wildman–Crippen MR) is 161 cm³/mol. The summed E-state index contributed by atoms with van der Waals surface area (Å²) < 4.78 is 21.5. The highest BCUT2D eigenvalue weighted by Gasteiger charge is 2.67. The lowest BCUT2D eigenvalue weighted by Gasteiger charge is -2.52. The lowest BCUT2D eigenvalue weighted by atomic mass is 9.53. The molecule has 2 aromatic carbocycles. The normalized spacial score (nSPS) is 38.5. The first kappa shape index (κ1) is 26.9. The molecular formula is C36H45N3O3. The lowest BCUT2D eigenvalue weighted by molar-refractivity contribution is -0.272. The molecule has 2 saturated carbocycles. The fourth-order valence-corrected chi connectivity index (χ4v) is 10.1. The van der Waals surface area contributed by atoms with Gasteiger partial charge in [-0.3, -0.25) is 0 Å². The van der Waals surface area contributed by atoms with Crippen LogP contribution < -0.4 is 4.74 Å². The Kier molecular flexibility index (Phi) is 6.53. The molecule has 42 heavy (non-hydrogen) atoms. The van der Waals surface area contributed by atoms with E-state index in [1.54, 1.807) is 5.56 Å². The molecule has 0 bridgehead atoms. The molecule has 0 radical (unpaired) electrons. The van der Waals surface area contributed by atoms with Crippen molar-refractivity contribution in [2.45, 2.75) is 96.7 Å². The number of ether oxygens (including phenoxy) is 3. The molecule has 0 N–H and O–H groups in total. The molecule has 222 valence electrons. The van der Waals surface area contributed by atoms with Crippen molar-refractivity contribution in [1.29, 1.82) is 0 Å². The number of nitrogens with zero attached hydrogens (tertiary/aromatic N) is 3. The summed E-state index contributed by atoms with van der Waals surface area (Å²) in [5, 5.41) is 8.63. The highest BCUT2D eigenvalue weighted by molar-refractivity contribution is 5.41. The minimum Gasteiger partial charge on any atom is -0.487 e. The number of aryl methyl sites for hydroxylation is 1. The number of benzene rings is 2. The molecule has 6 heteroatoms. The summed E-state index contributed by atoms with van der Waals surface area (Å²) in [5.41, 5.74) is 5.48. The zero-order valence-corrected chi connectivity index (χ0v) is 25.4. The van der Waals surface area contributed by atoms with Crippen molar-refractivity contribution < 1.29 is 14.2 Å². The van der Waals surface area contributed by atoms with Crippen molar-refractivity contribution in [3.63, 3.8) is 0 Å². The van der Waals surface area contributed by atoms with Gasteiger partial charge in [-0.25, -0.2) is 4.68 Å². The number of hydrogen-bond acceptors (Lipinski definition) is 5. The van der Waals surface area contributed by atoms with E-state index in [4.69, 9.17) is 14.2 Å². The van der Waals surface area contributed by atoms with Crippen LogP contribution in [0, 0.1) is 35.0 Å². The molecule has 3 heterocycles. The Balaban J connectivity index is 0.936. The van der Waals surface area contributed by atoms with Gasteiger partial charge in [0.05, 0.1) is 25.5 Å². The van der Waals surface area contributed by atoms with E-state index in [0.717, 1.165) is 49.3 Å². The zero-order valence-electron chi connectivity index (χ0n) is 25.4. The van der Waals surface area contributed by atoms with Crippen LogP contribution >= 0.6 is 0 Å². The van der Waals surface area contributed by atoms with Crippen LogP contribution in [0.2, 0.25) is 0 Å². The molecule has 1 spiro atoms. The lowest BCUT2D eigenvalue weighted by Crippen LogP contribution is -2.48. The van der Waals surface area contributed by atoms with Gasteiger partial charge in [0.2, 0.25) is 0 Å². The van der Waals surface area contributed by atoms with Crippen molar-refractivity contribution in [1.82, 2.24) is 15.0 Å². The number of aromatic nitrogens is 3. The Labute approximate surface area is 250 Å². The molecule has 0 amide bonds. The highest BCUT2D eigenvalue weighted by atomic mass is 16.7. The van der Waals surface area contributed by atoms with Crippen LogP contribution in [0.25, 0.3) is 0 Å². The van der Waals surface area contributed by atoms with E-state index in [0.29, 0.717) is 41.8 Å². The molecule has 9 atom stereocenters. The van der Waals surface area contributed by atoms with Gasteiger partial charge < -0.3 is 14.2 Å². The van der Waals surface area contributed by atoms with E-state index in [2.05, 4.69) is 73.5 Å². The van der Waals surface area contributed by atoms with Gasteiger partial charge in [0.15, 0.2) is 5.79 Å². The number of hydrogen-bond donors (Lipinski definition) is 0. The topological polar surface area (TPSA) is 58.4 Å². The monoisotopic (exact) mass is 567 g/mol. The van der Waals surface area contributed by atoms with Gasteiger partial charge in [-0.2, -0.15) is 0 Å². The molecule has 1 aromatic heterocycles. The third-order valence-corrected chi connectivity index (χ3v) is 12.1. The average molecular weight is 568 g/mol. The molecule has 3 aliphatic carbocycles. The van der Waals surface area contributed by atoms with E-state index >= 15 is 0 Å². The first-order valence-electron chi connectivity index (χ1n) is 16.4. The zero-order chi connectivity index (χ0) is 28.5. The molecule has 2 saturated heterocycles. The number of rotatable bonds is 5. The summed E-state index contributed by atoms with van der Waals surface area (Å²) in [6, 6.07) is 17.2. The van der Waals surface area contributed by atoms with Gasteiger partial charge in [0.1, 0.15) is 18.1 Å². The first-order chi connectivity index (χ1) is 20.4. The standard InChI is InChI=1S/C36H45N3O3/c1-23-13-16-36(41-21-23)24(2)34-33(42-36)18-32-31-11-9-26-17-28(10-12-29(26)30(31)14-15-35(32,34)3)40-22-27-20-39(38-37-27)19-25-7-5-4-6-8-25/h4-8,10,12,17,20,23-24,30-34H,9,11,13-16,18-19,21-22H2,1-3H3/t23-,24+,30-,31-,32+,33+,34+,35+,36-/m1/s1. The summed E-state index contributed by atoms with van der Waals surface area (Å²) in [6.07, 6.45) is 10.9. The van der Waals surface area contributed by atoms with Crippen LogP contribution in [0.15, 0.2) is 54.7 Å². The quantitative estimate of drug-likeness (QED) is 0.327. The largest absolute Gasteiger partial charge is 0.487 e. The SMILES string of the molecule is C[C@@H]1CC[C@@]2(OC1)O[C@H]1C[C@H]3[C@@H]4CCc5cc(OCc6cn(Cc7ccccc7)nn6)ccc5[C@H]4CC[C@]3(C)[C@H]1[C@@H]2C. The fourth-order valence-electron chi connectivity index (χ4n) is 10.1.